The number of carbonyl (C=O) groups excluding carboxylic acids is 3. The van der Waals surface area contributed by atoms with Gasteiger partial charge in [0.1, 0.15) is 11.7 Å². The van der Waals surface area contributed by atoms with Crippen molar-refractivity contribution in [2.45, 2.75) is 19.4 Å². The predicted octanol–water partition coefficient (Wildman–Crippen LogP) is 1.23. The van der Waals surface area contributed by atoms with Crippen molar-refractivity contribution in [1.82, 2.24) is 19.7 Å². The van der Waals surface area contributed by atoms with E-state index in [4.69, 9.17) is 0 Å². The van der Waals surface area contributed by atoms with Crippen molar-refractivity contribution in [1.29, 1.82) is 0 Å². The molecule has 4 rings (SSSR count). The number of para-hydroxylation sites is 1. The van der Waals surface area contributed by atoms with Crippen LogP contribution in [-0.2, 0) is 27.9 Å². The van der Waals surface area contributed by atoms with Crippen LogP contribution in [0.25, 0.3) is 5.69 Å². The zero-order valence-corrected chi connectivity index (χ0v) is 19.5. The van der Waals surface area contributed by atoms with Crippen molar-refractivity contribution in [2.24, 2.45) is 7.05 Å². The Morgan fingerprint density at radius 2 is 1.88 bits per heavy atom. The molecule has 1 aliphatic heterocycles. The third-order valence-corrected chi connectivity index (χ3v) is 6.45. The first-order valence-electron chi connectivity index (χ1n) is 10.6. The van der Waals surface area contributed by atoms with E-state index in [2.05, 4.69) is 20.9 Å². The van der Waals surface area contributed by atoms with Crippen molar-refractivity contribution in [3.63, 3.8) is 0 Å². The molecule has 34 heavy (non-hydrogen) atoms. The summed E-state index contributed by atoms with van der Waals surface area (Å²) in [6, 6.07) is 10.2. The Labute approximate surface area is 199 Å². The van der Waals surface area contributed by atoms with Gasteiger partial charge in [-0.1, -0.05) is 18.2 Å². The molecule has 3 amide bonds. The summed E-state index contributed by atoms with van der Waals surface area (Å²) >= 11 is 1.10. The molecule has 3 N–H and O–H groups in total. The van der Waals surface area contributed by atoms with Crippen LogP contribution >= 0.6 is 11.8 Å². The Balaban J connectivity index is 1.30. The number of hydrogen-bond donors (Lipinski definition) is 3. The minimum Gasteiger partial charge on any atom is -0.343 e. The third kappa shape index (κ3) is 4.88. The number of pyridine rings is 1. The van der Waals surface area contributed by atoms with Crippen molar-refractivity contribution < 1.29 is 14.4 Å². The molecule has 0 aliphatic carbocycles. The van der Waals surface area contributed by atoms with E-state index in [1.54, 1.807) is 37.1 Å². The van der Waals surface area contributed by atoms with E-state index in [-0.39, 0.29) is 40.5 Å². The van der Waals surface area contributed by atoms with Crippen LogP contribution in [-0.4, -0.2) is 49.6 Å². The zero-order chi connectivity index (χ0) is 24.2. The van der Waals surface area contributed by atoms with Crippen molar-refractivity contribution in [3.05, 3.63) is 70.4 Å². The highest BCUT2D eigenvalue weighted by molar-refractivity contribution is 8.00. The Morgan fingerprint density at radius 3 is 2.65 bits per heavy atom. The number of nitrogens with one attached hydrogen (secondary N) is 3. The van der Waals surface area contributed by atoms with Gasteiger partial charge in [-0.15, -0.1) is 11.8 Å². The van der Waals surface area contributed by atoms with Crippen LogP contribution in [0.5, 0.6) is 0 Å². The SMILES string of the molecule is Cc1c(NC(=O)CSCC(=O)NC2Cc3cnccc3NC2=O)c(=O)n(-c2ccccc2)n1C. The van der Waals surface area contributed by atoms with Gasteiger partial charge in [-0.05, 0) is 30.7 Å². The van der Waals surface area contributed by atoms with Gasteiger partial charge in [-0.2, -0.15) is 0 Å². The number of fused-ring (bicyclic) bond motifs is 1. The van der Waals surface area contributed by atoms with E-state index >= 15 is 0 Å². The Morgan fingerprint density at radius 1 is 1.15 bits per heavy atom. The highest BCUT2D eigenvalue weighted by Gasteiger charge is 2.27. The molecule has 1 aromatic carbocycles. The lowest BCUT2D eigenvalue weighted by atomic mass is 10.0. The summed E-state index contributed by atoms with van der Waals surface area (Å²) in [5, 5.41) is 8.11. The topological polar surface area (TPSA) is 127 Å². The fraction of sp³-hybridized carbons (Fsp3) is 0.261. The third-order valence-electron chi connectivity index (χ3n) is 5.52. The largest absolute Gasteiger partial charge is 0.343 e. The average molecular weight is 481 g/mol. The second-order valence-corrected chi connectivity index (χ2v) is 8.81. The monoisotopic (exact) mass is 480 g/mol. The molecule has 1 atom stereocenters. The lowest BCUT2D eigenvalue weighted by Gasteiger charge is -2.24. The van der Waals surface area contributed by atoms with Gasteiger partial charge in [-0.25, -0.2) is 4.68 Å². The zero-order valence-electron chi connectivity index (χ0n) is 18.7. The fourth-order valence-corrected chi connectivity index (χ4v) is 4.35. The molecule has 0 saturated carbocycles. The van der Waals surface area contributed by atoms with Crippen LogP contribution < -0.4 is 21.5 Å². The molecule has 0 radical (unpaired) electrons. The van der Waals surface area contributed by atoms with Crippen LogP contribution in [0.3, 0.4) is 0 Å². The minimum absolute atomic E-state index is 0.000877. The summed E-state index contributed by atoms with van der Waals surface area (Å²) in [6.07, 6.45) is 3.60. The van der Waals surface area contributed by atoms with Gasteiger partial charge in [0.25, 0.3) is 5.56 Å². The molecule has 10 nitrogen and oxygen atoms in total. The first kappa shape index (κ1) is 23.3. The molecule has 176 valence electrons. The van der Waals surface area contributed by atoms with Crippen molar-refractivity contribution in [3.8, 4) is 5.69 Å². The summed E-state index contributed by atoms with van der Waals surface area (Å²) in [5.74, 6) is -1.05. The lowest BCUT2D eigenvalue weighted by Crippen LogP contribution is -2.48. The summed E-state index contributed by atoms with van der Waals surface area (Å²) in [6.45, 7) is 1.75. The lowest BCUT2D eigenvalue weighted by molar-refractivity contribution is -0.125. The van der Waals surface area contributed by atoms with E-state index in [9.17, 15) is 19.2 Å². The standard InChI is InChI=1S/C23H24N6O4S/c1-14-21(23(33)29(28(14)2)16-6-4-3-5-7-16)27-20(31)13-34-12-19(30)25-18-10-15-11-24-9-8-17(15)26-22(18)32/h3-9,11,18H,10,12-13H2,1-2H3,(H,25,30)(H,26,32)(H,27,31). The highest BCUT2D eigenvalue weighted by Crippen LogP contribution is 2.21. The molecule has 1 aliphatic rings. The van der Waals surface area contributed by atoms with Crippen LogP contribution in [0.15, 0.2) is 53.6 Å². The quantitative estimate of drug-likeness (QED) is 0.467. The van der Waals surface area contributed by atoms with E-state index in [0.717, 1.165) is 17.3 Å². The average Bonchev–Trinajstić information content (AvgIpc) is 3.03. The van der Waals surface area contributed by atoms with Crippen molar-refractivity contribution in [2.75, 3.05) is 22.1 Å². The Hall–Kier alpha value is -3.86. The maximum absolute atomic E-state index is 12.9. The maximum atomic E-state index is 12.9. The predicted molar refractivity (Wildman–Crippen MR) is 130 cm³/mol. The number of amides is 3. The summed E-state index contributed by atoms with van der Waals surface area (Å²) in [4.78, 5) is 53.9. The summed E-state index contributed by atoms with van der Waals surface area (Å²) in [7, 11) is 1.74. The van der Waals surface area contributed by atoms with Crippen LogP contribution in [0.4, 0.5) is 11.4 Å². The number of anilines is 2. The van der Waals surface area contributed by atoms with Gasteiger partial charge in [0.2, 0.25) is 17.7 Å². The van der Waals surface area contributed by atoms with Crippen LogP contribution in [0.2, 0.25) is 0 Å². The fourth-order valence-electron chi connectivity index (χ4n) is 3.72. The first-order chi connectivity index (χ1) is 16.3. The maximum Gasteiger partial charge on any atom is 0.295 e. The second-order valence-electron chi connectivity index (χ2n) is 7.82. The molecular formula is C23H24N6O4S. The van der Waals surface area contributed by atoms with E-state index in [0.29, 0.717) is 23.5 Å². The molecule has 0 spiro atoms. The molecule has 2 aromatic heterocycles. The van der Waals surface area contributed by atoms with Gasteiger partial charge in [0.15, 0.2) is 0 Å². The molecule has 0 fully saturated rings. The second kappa shape index (κ2) is 9.96. The van der Waals surface area contributed by atoms with Gasteiger partial charge >= 0.3 is 0 Å². The van der Waals surface area contributed by atoms with Gasteiger partial charge in [0.05, 0.1) is 22.9 Å². The van der Waals surface area contributed by atoms with E-state index in [1.807, 2.05) is 30.3 Å². The molecule has 0 bridgehead atoms. The van der Waals surface area contributed by atoms with E-state index < -0.39 is 6.04 Å². The number of benzene rings is 1. The van der Waals surface area contributed by atoms with Crippen LogP contribution in [0, 0.1) is 6.92 Å². The molecule has 11 heteroatoms. The number of carbonyl (C=O) groups is 3. The molecule has 3 heterocycles. The van der Waals surface area contributed by atoms with Gasteiger partial charge in [-0.3, -0.25) is 28.8 Å². The van der Waals surface area contributed by atoms with Crippen LogP contribution in [0.1, 0.15) is 11.3 Å². The number of nitrogens with zero attached hydrogens (tertiary/aromatic N) is 3. The first-order valence-corrected chi connectivity index (χ1v) is 11.8. The van der Waals surface area contributed by atoms with Crippen molar-refractivity contribution >= 4 is 40.9 Å². The summed E-state index contributed by atoms with van der Waals surface area (Å²) in [5.41, 5.74) is 2.71. The van der Waals surface area contributed by atoms with Gasteiger partial charge < -0.3 is 16.0 Å². The molecule has 3 aromatic rings. The number of hydrogen-bond acceptors (Lipinski definition) is 6. The Kier molecular flexibility index (Phi) is 6.82. The number of aromatic nitrogens is 3. The molecular weight excluding hydrogens is 456 g/mol. The summed E-state index contributed by atoms with van der Waals surface area (Å²) < 4.78 is 3.16. The number of rotatable bonds is 7. The van der Waals surface area contributed by atoms with Gasteiger partial charge in [0, 0.05) is 31.5 Å². The molecule has 1 unspecified atom stereocenters. The Bertz CT molecular complexity index is 1300. The molecule has 0 saturated heterocycles. The highest BCUT2D eigenvalue weighted by atomic mass is 32.2. The number of thioether (sulfide) groups is 1. The minimum atomic E-state index is -0.693. The van der Waals surface area contributed by atoms with E-state index in [1.165, 1.54) is 4.68 Å². The smallest absolute Gasteiger partial charge is 0.295 e. The normalized spacial score (nSPS) is 14.8.